The van der Waals surface area contributed by atoms with E-state index < -0.39 is 36.4 Å². The van der Waals surface area contributed by atoms with Gasteiger partial charge in [0.05, 0.1) is 0 Å². The molecule has 0 spiro atoms. The van der Waals surface area contributed by atoms with Crippen molar-refractivity contribution in [3.05, 3.63) is 28.5 Å². The van der Waals surface area contributed by atoms with Gasteiger partial charge in [0.1, 0.15) is 5.69 Å². The number of alkyl halides is 3. The number of carboxylic acids is 1. The molecule has 5 nitrogen and oxygen atoms in total. The first-order chi connectivity index (χ1) is 9.69. The highest BCUT2D eigenvalue weighted by atomic mass is 79.9. The Morgan fingerprint density at radius 1 is 1.43 bits per heavy atom. The van der Waals surface area contributed by atoms with Crippen LogP contribution in [-0.2, 0) is 4.79 Å². The summed E-state index contributed by atoms with van der Waals surface area (Å²) >= 11 is 3.09. The molecule has 1 atom stereocenters. The number of halogens is 4. The first-order valence-corrected chi connectivity index (χ1v) is 6.68. The molecule has 21 heavy (non-hydrogen) atoms. The smallest absolute Gasteiger partial charge is 0.406 e. The fourth-order valence-electron chi connectivity index (χ4n) is 2.20. The molecule has 1 aromatic heterocycles. The van der Waals surface area contributed by atoms with Crippen molar-refractivity contribution in [3.63, 3.8) is 0 Å². The molecule has 114 valence electrons. The molecule has 1 fully saturated rings. The van der Waals surface area contributed by atoms with Crippen LogP contribution in [0.15, 0.2) is 22.8 Å². The van der Waals surface area contributed by atoms with Crippen molar-refractivity contribution >= 4 is 27.8 Å². The van der Waals surface area contributed by atoms with Gasteiger partial charge in [-0.15, -0.1) is 0 Å². The van der Waals surface area contributed by atoms with Crippen LogP contribution in [0.3, 0.4) is 0 Å². The number of carbonyl (C=O) groups excluding carboxylic acids is 1. The zero-order valence-corrected chi connectivity index (χ0v) is 12.1. The van der Waals surface area contributed by atoms with Crippen LogP contribution in [0.1, 0.15) is 16.9 Å². The van der Waals surface area contributed by atoms with E-state index in [1.54, 1.807) is 6.07 Å². The van der Waals surface area contributed by atoms with Gasteiger partial charge in [-0.25, -0.2) is 4.98 Å². The van der Waals surface area contributed by atoms with Crippen molar-refractivity contribution in [2.75, 3.05) is 13.1 Å². The van der Waals surface area contributed by atoms with Gasteiger partial charge in [0.15, 0.2) is 5.41 Å². The van der Waals surface area contributed by atoms with Gasteiger partial charge < -0.3 is 10.0 Å². The number of carbonyl (C=O) groups is 2. The average molecular weight is 367 g/mol. The van der Waals surface area contributed by atoms with Crippen molar-refractivity contribution in [1.82, 2.24) is 9.88 Å². The molecule has 2 rings (SSSR count). The third kappa shape index (κ3) is 2.61. The number of likely N-dealkylation sites (tertiary alicyclic amines) is 1. The summed E-state index contributed by atoms with van der Waals surface area (Å²) in [4.78, 5) is 27.9. The Balaban J connectivity index is 2.28. The molecule has 0 aromatic carbocycles. The maximum absolute atomic E-state index is 13.0. The van der Waals surface area contributed by atoms with Gasteiger partial charge in [0.25, 0.3) is 5.91 Å². The average Bonchev–Trinajstić information content (AvgIpc) is 2.84. The molecule has 0 saturated carbocycles. The van der Waals surface area contributed by atoms with Crippen molar-refractivity contribution < 1.29 is 27.9 Å². The Morgan fingerprint density at radius 2 is 2.10 bits per heavy atom. The molecule has 1 amide bonds. The number of pyridine rings is 1. The molecule has 0 aliphatic carbocycles. The Labute approximate surface area is 125 Å². The first-order valence-electron chi connectivity index (χ1n) is 5.89. The largest absolute Gasteiger partial charge is 0.481 e. The molecular weight excluding hydrogens is 357 g/mol. The fraction of sp³-hybridized carbons (Fsp3) is 0.417. The number of carboxylic acid groups (broad SMARTS) is 1. The number of amides is 1. The van der Waals surface area contributed by atoms with E-state index in [9.17, 15) is 22.8 Å². The number of aromatic nitrogens is 1. The summed E-state index contributed by atoms with van der Waals surface area (Å²) in [5.74, 6) is -2.69. The number of hydrogen-bond donors (Lipinski definition) is 1. The molecule has 1 aromatic rings. The molecule has 1 unspecified atom stereocenters. The van der Waals surface area contributed by atoms with E-state index in [1.807, 2.05) is 0 Å². The van der Waals surface area contributed by atoms with E-state index in [0.717, 1.165) is 4.90 Å². The second-order valence-electron chi connectivity index (χ2n) is 4.70. The third-order valence-corrected chi connectivity index (χ3v) is 4.11. The normalized spacial score (nSPS) is 22.4. The van der Waals surface area contributed by atoms with Crippen LogP contribution >= 0.6 is 15.9 Å². The number of aliphatic carboxylic acids is 1. The zero-order valence-electron chi connectivity index (χ0n) is 10.5. The monoisotopic (exact) mass is 366 g/mol. The second kappa shape index (κ2) is 5.28. The van der Waals surface area contributed by atoms with Crippen LogP contribution in [0, 0.1) is 5.41 Å². The van der Waals surface area contributed by atoms with Crippen LogP contribution < -0.4 is 0 Å². The summed E-state index contributed by atoms with van der Waals surface area (Å²) in [5, 5.41) is 8.94. The Hall–Kier alpha value is -1.64. The van der Waals surface area contributed by atoms with Crippen LogP contribution in [0.5, 0.6) is 0 Å². The van der Waals surface area contributed by atoms with Gasteiger partial charge in [0, 0.05) is 23.8 Å². The zero-order chi connectivity index (χ0) is 15.8. The van der Waals surface area contributed by atoms with Gasteiger partial charge in [0.2, 0.25) is 0 Å². The maximum Gasteiger partial charge on any atom is 0.406 e. The van der Waals surface area contributed by atoms with Crippen LogP contribution in [0.4, 0.5) is 13.2 Å². The molecule has 1 N–H and O–H groups in total. The number of rotatable bonds is 2. The highest BCUT2D eigenvalue weighted by molar-refractivity contribution is 9.10. The third-order valence-electron chi connectivity index (χ3n) is 3.47. The topological polar surface area (TPSA) is 70.5 Å². The van der Waals surface area contributed by atoms with Crippen molar-refractivity contribution in [3.8, 4) is 0 Å². The van der Waals surface area contributed by atoms with E-state index in [-0.39, 0.29) is 12.2 Å². The Morgan fingerprint density at radius 3 is 2.57 bits per heavy atom. The standard InChI is InChI=1S/C12H10BrF3N2O3/c13-7-2-1-4-17-8(7)9(19)18-5-3-11(6-18,10(20)21)12(14,15)16/h1-2,4H,3,5-6H2,(H,20,21). The number of hydrogen-bond acceptors (Lipinski definition) is 3. The van der Waals surface area contributed by atoms with Gasteiger partial charge >= 0.3 is 12.1 Å². The van der Waals surface area contributed by atoms with Crippen molar-refractivity contribution in [2.45, 2.75) is 12.6 Å². The predicted molar refractivity (Wildman–Crippen MR) is 68.6 cm³/mol. The Kier molecular flexibility index (Phi) is 3.96. The highest BCUT2D eigenvalue weighted by Gasteiger charge is 2.64. The van der Waals surface area contributed by atoms with Gasteiger partial charge in [-0.05, 0) is 34.5 Å². The second-order valence-corrected chi connectivity index (χ2v) is 5.55. The molecule has 1 aliphatic rings. The molecular formula is C12H10BrF3N2O3. The summed E-state index contributed by atoms with van der Waals surface area (Å²) in [6.07, 6.45) is -4.25. The Bertz CT molecular complexity index is 593. The van der Waals surface area contributed by atoms with Crippen LogP contribution in [0.25, 0.3) is 0 Å². The van der Waals surface area contributed by atoms with Crippen LogP contribution in [-0.4, -0.2) is 46.1 Å². The molecule has 9 heteroatoms. The molecule has 2 heterocycles. The lowest BCUT2D eigenvalue weighted by Gasteiger charge is -2.27. The lowest BCUT2D eigenvalue weighted by Crippen LogP contribution is -2.47. The first kappa shape index (κ1) is 15.7. The predicted octanol–water partition coefficient (Wildman–Crippen LogP) is 2.32. The summed E-state index contributed by atoms with van der Waals surface area (Å²) in [7, 11) is 0. The molecule has 1 aliphatic heterocycles. The van der Waals surface area contributed by atoms with Crippen molar-refractivity contribution in [1.29, 1.82) is 0 Å². The minimum absolute atomic E-state index is 0.0409. The van der Waals surface area contributed by atoms with E-state index in [0.29, 0.717) is 4.47 Å². The molecule has 0 radical (unpaired) electrons. The number of nitrogens with zero attached hydrogens (tertiary/aromatic N) is 2. The van der Waals surface area contributed by atoms with E-state index in [1.165, 1.54) is 12.3 Å². The van der Waals surface area contributed by atoms with E-state index in [4.69, 9.17) is 5.11 Å². The quantitative estimate of drug-likeness (QED) is 0.871. The molecule has 0 bridgehead atoms. The SMILES string of the molecule is O=C(c1ncccc1Br)N1CCC(C(=O)O)(C(F)(F)F)C1. The van der Waals surface area contributed by atoms with Gasteiger partial charge in [-0.1, -0.05) is 0 Å². The highest BCUT2D eigenvalue weighted by Crippen LogP contribution is 2.46. The lowest BCUT2D eigenvalue weighted by atomic mass is 9.86. The van der Waals surface area contributed by atoms with E-state index >= 15 is 0 Å². The molecule has 1 saturated heterocycles. The summed E-state index contributed by atoms with van der Waals surface area (Å²) in [6, 6.07) is 3.09. The van der Waals surface area contributed by atoms with Crippen molar-refractivity contribution in [2.24, 2.45) is 5.41 Å². The summed E-state index contributed by atoms with van der Waals surface area (Å²) < 4.78 is 39.5. The van der Waals surface area contributed by atoms with Crippen LogP contribution in [0.2, 0.25) is 0 Å². The minimum Gasteiger partial charge on any atom is -0.481 e. The van der Waals surface area contributed by atoms with Gasteiger partial charge in [-0.2, -0.15) is 13.2 Å². The van der Waals surface area contributed by atoms with Gasteiger partial charge in [-0.3, -0.25) is 9.59 Å². The maximum atomic E-state index is 13.0. The summed E-state index contributed by atoms with van der Waals surface area (Å²) in [5.41, 5.74) is -2.95. The fourth-order valence-corrected chi connectivity index (χ4v) is 2.63. The minimum atomic E-state index is -4.92. The summed E-state index contributed by atoms with van der Waals surface area (Å²) in [6.45, 7) is -1.19. The van der Waals surface area contributed by atoms with E-state index in [2.05, 4.69) is 20.9 Å². The lowest BCUT2D eigenvalue weighted by molar-refractivity contribution is -0.227.